The number of anilines is 1. The van der Waals surface area contributed by atoms with Crippen molar-refractivity contribution in [2.24, 2.45) is 0 Å². The number of carbonyl (C=O) groups is 1. The maximum Gasteiger partial charge on any atom is 0.258 e. The van der Waals surface area contributed by atoms with Crippen LogP contribution < -0.4 is 10.1 Å². The van der Waals surface area contributed by atoms with E-state index in [2.05, 4.69) is 5.32 Å². The fourth-order valence-corrected chi connectivity index (χ4v) is 2.33. The Kier molecular flexibility index (Phi) is 3.74. The predicted molar refractivity (Wildman–Crippen MR) is 84.9 cm³/mol. The molecule has 0 aromatic heterocycles. The summed E-state index contributed by atoms with van der Waals surface area (Å²) in [5.41, 5.74) is 0.632. The van der Waals surface area contributed by atoms with Crippen LogP contribution in [-0.4, -0.2) is 13.0 Å². The van der Waals surface area contributed by atoms with Crippen LogP contribution in [0.2, 0.25) is 0 Å². The number of nitrogens with one attached hydrogen (secondary N) is 1. The highest BCUT2D eigenvalue weighted by atomic mass is 19.1. The standard InChI is InChI=1S/C18H14FNO2/c1-22-13-9-10-15(16(19)11-13)18(21)20-17-8-4-6-12-5-2-3-7-14(12)17/h2-11H,1H3,(H,20,21). The topological polar surface area (TPSA) is 38.3 Å². The van der Waals surface area contributed by atoms with Gasteiger partial charge in [-0.05, 0) is 23.6 Å². The van der Waals surface area contributed by atoms with Crippen molar-refractivity contribution in [1.82, 2.24) is 0 Å². The van der Waals surface area contributed by atoms with Crippen LogP contribution in [0.15, 0.2) is 60.7 Å². The molecule has 1 N–H and O–H groups in total. The second kappa shape index (κ2) is 5.85. The van der Waals surface area contributed by atoms with Crippen molar-refractivity contribution in [3.63, 3.8) is 0 Å². The number of methoxy groups -OCH3 is 1. The lowest BCUT2D eigenvalue weighted by Gasteiger charge is -2.10. The monoisotopic (exact) mass is 295 g/mol. The Hall–Kier alpha value is -2.88. The maximum absolute atomic E-state index is 14.0. The molecule has 0 atom stereocenters. The van der Waals surface area contributed by atoms with Gasteiger partial charge in [0.1, 0.15) is 11.6 Å². The van der Waals surface area contributed by atoms with Crippen LogP contribution in [0.3, 0.4) is 0 Å². The van der Waals surface area contributed by atoms with Gasteiger partial charge in [0.25, 0.3) is 5.91 Å². The molecule has 22 heavy (non-hydrogen) atoms. The summed E-state index contributed by atoms with van der Waals surface area (Å²) in [7, 11) is 1.45. The summed E-state index contributed by atoms with van der Waals surface area (Å²) in [6.07, 6.45) is 0. The van der Waals surface area contributed by atoms with E-state index in [0.29, 0.717) is 11.4 Å². The lowest BCUT2D eigenvalue weighted by atomic mass is 10.1. The first-order chi connectivity index (χ1) is 10.7. The van der Waals surface area contributed by atoms with Gasteiger partial charge in [0.05, 0.1) is 12.7 Å². The van der Waals surface area contributed by atoms with Gasteiger partial charge in [0.15, 0.2) is 0 Å². The molecule has 0 saturated heterocycles. The van der Waals surface area contributed by atoms with Crippen molar-refractivity contribution in [2.75, 3.05) is 12.4 Å². The number of benzene rings is 3. The predicted octanol–water partition coefficient (Wildman–Crippen LogP) is 4.24. The average Bonchev–Trinajstić information content (AvgIpc) is 2.55. The molecule has 0 radical (unpaired) electrons. The number of rotatable bonds is 3. The molecule has 0 spiro atoms. The molecule has 4 heteroatoms. The van der Waals surface area contributed by atoms with Crippen LogP contribution in [0.5, 0.6) is 5.75 Å². The van der Waals surface area contributed by atoms with E-state index in [4.69, 9.17) is 4.74 Å². The Morgan fingerprint density at radius 3 is 2.59 bits per heavy atom. The molecule has 0 heterocycles. The highest BCUT2D eigenvalue weighted by Crippen LogP contribution is 2.24. The third kappa shape index (κ3) is 2.63. The molecular formula is C18H14FNO2. The van der Waals surface area contributed by atoms with Gasteiger partial charge in [-0.3, -0.25) is 4.79 Å². The first kappa shape index (κ1) is 14.1. The first-order valence-electron chi connectivity index (χ1n) is 6.81. The molecule has 3 aromatic rings. The van der Waals surface area contributed by atoms with E-state index < -0.39 is 11.7 Å². The molecule has 0 bridgehead atoms. The molecule has 3 rings (SSSR count). The van der Waals surface area contributed by atoms with Gasteiger partial charge in [-0.2, -0.15) is 0 Å². The van der Waals surface area contributed by atoms with Crippen LogP contribution >= 0.6 is 0 Å². The molecule has 0 saturated carbocycles. The van der Waals surface area contributed by atoms with Gasteiger partial charge in [-0.1, -0.05) is 36.4 Å². The summed E-state index contributed by atoms with van der Waals surface area (Å²) in [5.74, 6) is -0.729. The molecule has 3 nitrogen and oxygen atoms in total. The Morgan fingerprint density at radius 2 is 1.82 bits per heavy atom. The zero-order valence-electron chi connectivity index (χ0n) is 12.0. The second-order valence-electron chi connectivity index (χ2n) is 4.83. The van der Waals surface area contributed by atoms with Crippen LogP contribution in [0.4, 0.5) is 10.1 Å². The highest BCUT2D eigenvalue weighted by Gasteiger charge is 2.13. The molecule has 1 amide bonds. The van der Waals surface area contributed by atoms with E-state index in [1.165, 1.54) is 19.2 Å². The molecule has 0 aliphatic heterocycles. The number of hydrogen-bond donors (Lipinski definition) is 1. The number of carbonyl (C=O) groups excluding carboxylic acids is 1. The molecule has 3 aromatic carbocycles. The summed E-state index contributed by atoms with van der Waals surface area (Å²) >= 11 is 0. The Labute approximate surface area is 127 Å². The molecule has 0 fully saturated rings. The van der Waals surface area contributed by atoms with E-state index in [9.17, 15) is 9.18 Å². The lowest BCUT2D eigenvalue weighted by molar-refractivity contribution is 0.102. The third-order valence-corrected chi connectivity index (χ3v) is 3.46. The van der Waals surface area contributed by atoms with Crippen molar-refractivity contribution in [2.45, 2.75) is 0 Å². The Bertz CT molecular complexity index is 840. The quantitative estimate of drug-likeness (QED) is 0.785. The van der Waals surface area contributed by atoms with E-state index >= 15 is 0 Å². The number of hydrogen-bond acceptors (Lipinski definition) is 2. The van der Waals surface area contributed by atoms with Gasteiger partial charge in [-0.25, -0.2) is 4.39 Å². The van der Waals surface area contributed by atoms with E-state index in [-0.39, 0.29) is 5.56 Å². The van der Waals surface area contributed by atoms with Gasteiger partial charge in [0, 0.05) is 17.1 Å². The van der Waals surface area contributed by atoms with Gasteiger partial charge in [-0.15, -0.1) is 0 Å². The lowest BCUT2D eigenvalue weighted by Crippen LogP contribution is -2.14. The molecule has 0 unspecified atom stereocenters. The number of amides is 1. The first-order valence-corrected chi connectivity index (χ1v) is 6.81. The van der Waals surface area contributed by atoms with Gasteiger partial charge >= 0.3 is 0 Å². The maximum atomic E-state index is 14.0. The van der Waals surface area contributed by atoms with Crippen LogP contribution in [-0.2, 0) is 0 Å². The fraction of sp³-hybridized carbons (Fsp3) is 0.0556. The van der Waals surface area contributed by atoms with Crippen molar-refractivity contribution in [1.29, 1.82) is 0 Å². The van der Waals surface area contributed by atoms with Crippen LogP contribution in [0.25, 0.3) is 10.8 Å². The van der Waals surface area contributed by atoms with Gasteiger partial charge < -0.3 is 10.1 Å². The highest BCUT2D eigenvalue weighted by molar-refractivity contribution is 6.09. The summed E-state index contributed by atoms with van der Waals surface area (Å²) in [6.45, 7) is 0. The van der Waals surface area contributed by atoms with Crippen molar-refractivity contribution in [3.8, 4) is 5.75 Å². The summed E-state index contributed by atoms with van der Waals surface area (Å²) < 4.78 is 18.9. The Morgan fingerprint density at radius 1 is 1.05 bits per heavy atom. The van der Waals surface area contributed by atoms with Crippen molar-refractivity contribution >= 4 is 22.4 Å². The van der Waals surface area contributed by atoms with Crippen molar-refractivity contribution < 1.29 is 13.9 Å². The largest absolute Gasteiger partial charge is 0.497 e. The van der Waals surface area contributed by atoms with E-state index in [0.717, 1.165) is 10.8 Å². The minimum Gasteiger partial charge on any atom is -0.497 e. The third-order valence-electron chi connectivity index (χ3n) is 3.46. The minimum absolute atomic E-state index is 0.0197. The number of halogens is 1. The SMILES string of the molecule is COc1ccc(C(=O)Nc2cccc3ccccc23)c(F)c1. The van der Waals surface area contributed by atoms with Gasteiger partial charge in [0.2, 0.25) is 0 Å². The Balaban J connectivity index is 1.93. The second-order valence-corrected chi connectivity index (χ2v) is 4.83. The minimum atomic E-state index is -0.614. The van der Waals surface area contributed by atoms with Crippen LogP contribution in [0, 0.1) is 5.82 Å². The zero-order valence-corrected chi connectivity index (χ0v) is 12.0. The number of ether oxygens (including phenoxy) is 1. The van der Waals surface area contributed by atoms with E-state index in [1.807, 2.05) is 36.4 Å². The average molecular weight is 295 g/mol. The summed E-state index contributed by atoms with van der Waals surface area (Å²) in [4.78, 5) is 12.3. The van der Waals surface area contributed by atoms with Crippen LogP contribution in [0.1, 0.15) is 10.4 Å². The fourth-order valence-electron chi connectivity index (χ4n) is 2.33. The summed E-state index contributed by atoms with van der Waals surface area (Å²) in [5, 5.41) is 4.68. The van der Waals surface area contributed by atoms with E-state index in [1.54, 1.807) is 12.1 Å². The normalized spacial score (nSPS) is 10.5. The molecule has 110 valence electrons. The number of fused-ring (bicyclic) bond motifs is 1. The summed E-state index contributed by atoms with van der Waals surface area (Å²) in [6, 6.07) is 17.5. The molecule has 0 aliphatic carbocycles. The molecular weight excluding hydrogens is 281 g/mol. The van der Waals surface area contributed by atoms with Crippen molar-refractivity contribution in [3.05, 3.63) is 72.0 Å². The zero-order chi connectivity index (χ0) is 15.5. The smallest absolute Gasteiger partial charge is 0.258 e. The molecule has 0 aliphatic rings.